The molecule has 1 fully saturated rings. The zero-order valence-electron chi connectivity index (χ0n) is 11.2. The molecule has 0 saturated carbocycles. The third-order valence-corrected chi connectivity index (χ3v) is 4.28. The van der Waals surface area contributed by atoms with Crippen LogP contribution in [0.4, 0.5) is 5.82 Å². The maximum absolute atomic E-state index is 12.6. The van der Waals surface area contributed by atoms with Crippen molar-refractivity contribution >= 4 is 27.7 Å². The first-order chi connectivity index (χ1) is 9.02. The van der Waals surface area contributed by atoms with Crippen LogP contribution < -0.4 is 11.3 Å². The summed E-state index contributed by atoms with van der Waals surface area (Å²) in [7, 11) is 0. The number of amides is 1. The molecule has 1 amide bonds. The smallest absolute Gasteiger partial charge is 0.257 e. The number of anilines is 1. The molecular weight excluding hydrogens is 308 g/mol. The Kier molecular flexibility index (Phi) is 4.42. The molecule has 104 valence electrons. The van der Waals surface area contributed by atoms with Gasteiger partial charge in [-0.25, -0.2) is 10.8 Å². The lowest BCUT2D eigenvalue weighted by atomic mass is 9.88. The van der Waals surface area contributed by atoms with Crippen molar-refractivity contribution in [2.45, 2.75) is 20.3 Å². The first kappa shape index (κ1) is 14.3. The van der Waals surface area contributed by atoms with Crippen LogP contribution in [-0.2, 0) is 0 Å². The molecule has 1 aliphatic heterocycles. The molecule has 6 heteroatoms. The van der Waals surface area contributed by atoms with E-state index in [2.05, 4.69) is 40.2 Å². The second-order valence-electron chi connectivity index (χ2n) is 5.19. The van der Waals surface area contributed by atoms with E-state index >= 15 is 0 Å². The van der Waals surface area contributed by atoms with E-state index in [1.165, 1.54) is 0 Å². The number of hydrogen-bond acceptors (Lipinski definition) is 4. The van der Waals surface area contributed by atoms with Crippen molar-refractivity contribution < 1.29 is 4.79 Å². The van der Waals surface area contributed by atoms with Crippen LogP contribution in [0.15, 0.2) is 16.7 Å². The molecule has 0 radical (unpaired) electrons. The van der Waals surface area contributed by atoms with Gasteiger partial charge in [0.25, 0.3) is 5.91 Å². The number of carbonyl (C=O) groups excluding carboxylic acids is 1. The van der Waals surface area contributed by atoms with E-state index < -0.39 is 0 Å². The van der Waals surface area contributed by atoms with Gasteiger partial charge in [-0.3, -0.25) is 4.79 Å². The highest BCUT2D eigenvalue weighted by Crippen LogP contribution is 2.26. The predicted molar refractivity (Wildman–Crippen MR) is 78.6 cm³/mol. The molecule has 1 aliphatic rings. The van der Waals surface area contributed by atoms with Gasteiger partial charge in [-0.05, 0) is 40.3 Å². The van der Waals surface area contributed by atoms with Crippen LogP contribution in [0.2, 0.25) is 0 Å². The van der Waals surface area contributed by atoms with E-state index in [1.807, 2.05) is 4.90 Å². The molecule has 19 heavy (non-hydrogen) atoms. The number of piperidine rings is 1. The Balaban J connectivity index is 2.22. The van der Waals surface area contributed by atoms with Gasteiger partial charge in [0.15, 0.2) is 5.82 Å². The van der Waals surface area contributed by atoms with E-state index in [-0.39, 0.29) is 5.91 Å². The molecule has 1 aromatic rings. The second-order valence-corrected chi connectivity index (χ2v) is 6.10. The number of nitrogens with one attached hydrogen (secondary N) is 1. The number of hydrogen-bond donors (Lipinski definition) is 2. The van der Waals surface area contributed by atoms with Crippen LogP contribution in [0.5, 0.6) is 0 Å². The Morgan fingerprint density at radius 1 is 1.53 bits per heavy atom. The third kappa shape index (κ3) is 3.06. The molecule has 1 aromatic heterocycles. The van der Waals surface area contributed by atoms with Crippen molar-refractivity contribution in [2.75, 3.05) is 18.5 Å². The summed E-state index contributed by atoms with van der Waals surface area (Å²) in [6.45, 7) is 6.00. The zero-order chi connectivity index (χ0) is 14.0. The van der Waals surface area contributed by atoms with E-state index in [0.29, 0.717) is 23.2 Å². The van der Waals surface area contributed by atoms with Crippen LogP contribution in [0.3, 0.4) is 0 Å². The number of nitrogens with two attached hydrogens (primary N) is 1. The van der Waals surface area contributed by atoms with Crippen LogP contribution >= 0.6 is 15.9 Å². The summed E-state index contributed by atoms with van der Waals surface area (Å²) < 4.78 is 0.772. The Labute approximate surface area is 121 Å². The number of carbonyl (C=O) groups is 1. The first-order valence-corrected chi connectivity index (χ1v) is 7.23. The van der Waals surface area contributed by atoms with Crippen molar-refractivity contribution in [3.05, 3.63) is 22.3 Å². The molecular formula is C13H19BrN4O. The quantitative estimate of drug-likeness (QED) is 0.646. The summed E-state index contributed by atoms with van der Waals surface area (Å²) in [5, 5.41) is 0. The highest BCUT2D eigenvalue weighted by Gasteiger charge is 2.28. The molecule has 0 aromatic carbocycles. The highest BCUT2D eigenvalue weighted by molar-refractivity contribution is 9.10. The SMILES string of the molecule is CC1CCN(C(=O)c2cc(Br)cnc2NN)CC1C. The lowest BCUT2D eigenvalue weighted by molar-refractivity contribution is 0.0628. The van der Waals surface area contributed by atoms with Crippen molar-refractivity contribution in [3.63, 3.8) is 0 Å². The summed E-state index contributed by atoms with van der Waals surface area (Å²) >= 11 is 3.34. The highest BCUT2D eigenvalue weighted by atomic mass is 79.9. The monoisotopic (exact) mass is 326 g/mol. The number of halogens is 1. The average Bonchev–Trinajstić information content (AvgIpc) is 2.41. The molecule has 1 saturated heterocycles. The third-order valence-electron chi connectivity index (χ3n) is 3.84. The summed E-state index contributed by atoms with van der Waals surface area (Å²) in [4.78, 5) is 18.6. The Morgan fingerprint density at radius 3 is 2.89 bits per heavy atom. The first-order valence-electron chi connectivity index (χ1n) is 6.44. The topological polar surface area (TPSA) is 71.2 Å². The molecule has 3 N–H and O–H groups in total. The molecule has 0 aliphatic carbocycles. The Bertz CT molecular complexity index is 480. The molecule has 2 atom stereocenters. The lowest BCUT2D eigenvalue weighted by Crippen LogP contribution is -2.42. The van der Waals surface area contributed by atoms with Crippen molar-refractivity contribution in [1.82, 2.24) is 9.88 Å². The largest absolute Gasteiger partial charge is 0.338 e. The minimum absolute atomic E-state index is 0.0134. The van der Waals surface area contributed by atoms with Gasteiger partial charge in [-0.15, -0.1) is 0 Å². The maximum Gasteiger partial charge on any atom is 0.257 e. The lowest BCUT2D eigenvalue weighted by Gasteiger charge is -2.35. The van der Waals surface area contributed by atoms with Crippen LogP contribution in [0.1, 0.15) is 30.6 Å². The fourth-order valence-corrected chi connectivity index (χ4v) is 2.67. The molecule has 2 heterocycles. The molecule has 2 rings (SSSR count). The van der Waals surface area contributed by atoms with Crippen LogP contribution in [0, 0.1) is 11.8 Å². The predicted octanol–water partition coefficient (Wildman–Crippen LogP) is 2.25. The number of pyridine rings is 1. The van der Waals surface area contributed by atoms with Gasteiger partial charge in [0.05, 0.1) is 5.56 Å². The molecule has 0 bridgehead atoms. The fraction of sp³-hybridized carbons (Fsp3) is 0.538. The maximum atomic E-state index is 12.6. The average molecular weight is 327 g/mol. The standard InChI is InChI=1S/C13H19BrN4O/c1-8-3-4-18(7-9(8)2)13(19)11-5-10(14)6-16-12(11)17-15/h5-6,8-9H,3-4,7,15H2,1-2H3,(H,16,17). The van der Waals surface area contributed by atoms with Gasteiger partial charge in [-0.2, -0.15) is 0 Å². The van der Waals surface area contributed by atoms with Gasteiger partial charge in [0.2, 0.25) is 0 Å². The van der Waals surface area contributed by atoms with Crippen molar-refractivity contribution in [3.8, 4) is 0 Å². The van der Waals surface area contributed by atoms with Gasteiger partial charge in [-0.1, -0.05) is 13.8 Å². The number of nitrogen functional groups attached to an aromatic ring is 1. The summed E-state index contributed by atoms with van der Waals surface area (Å²) in [6.07, 6.45) is 2.66. The number of hydrazine groups is 1. The van der Waals surface area contributed by atoms with Gasteiger partial charge >= 0.3 is 0 Å². The van der Waals surface area contributed by atoms with E-state index in [1.54, 1.807) is 12.3 Å². The molecule has 0 spiro atoms. The second kappa shape index (κ2) is 5.88. The number of nitrogens with zero attached hydrogens (tertiary/aromatic N) is 2. The zero-order valence-corrected chi connectivity index (χ0v) is 12.8. The molecule has 2 unspecified atom stereocenters. The van der Waals surface area contributed by atoms with Gasteiger partial charge < -0.3 is 10.3 Å². The minimum Gasteiger partial charge on any atom is -0.338 e. The van der Waals surface area contributed by atoms with E-state index in [0.717, 1.165) is 24.0 Å². The van der Waals surface area contributed by atoms with E-state index in [9.17, 15) is 4.79 Å². The van der Waals surface area contributed by atoms with Crippen molar-refractivity contribution in [1.29, 1.82) is 0 Å². The van der Waals surface area contributed by atoms with Crippen LogP contribution in [0.25, 0.3) is 0 Å². The minimum atomic E-state index is -0.0134. The Hall–Kier alpha value is -1.14. The van der Waals surface area contributed by atoms with Gasteiger partial charge in [0.1, 0.15) is 0 Å². The van der Waals surface area contributed by atoms with Gasteiger partial charge in [0, 0.05) is 23.8 Å². The summed E-state index contributed by atoms with van der Waals surface area (Å²) in [5.74, 6) is 7.01. The molecule has 5 nitrogen and oxygen atoms in total. The number of aromatic nitrogens is 1. The van der Waals surface area contributed by atoms with E-state index in [4.69, 9.17) is 5.84 Å². The number of rotatable bonds is 2. The summed E-state index contributed by atoms with van der Waals surface area (Å²) in [5.41, 5.74) is 3.00. The summed E-state index contributed by atoms with van der Waals surface area (Å²) in [6, 6.07) is 1.76. The normalized spacial score (nSPS) is 23.3. The number of likely N-dealkylation sites (tertiary alicyclic amines) is 1. The Morgan fingerprint density at radius 2 is 2.26 bits per heavy atom. The van der Waals surface area contributed by atoms with Crippen molar-refractivity contribution in [2.24, 2.45) is 17.7 Å². The fourth-order valence-electron chi connectivity index (χ4n) is 2.33. The van der Waals surface area contributed by atoms with Crippen LogP contribution in [-0.4, -0.2) is 28.9 Å².